The van der Waals surface area contributed by atoms with E-state index in [-0.39, 0.29) is 5.41 Å². The van der Waals surface area contributed by atoms with Crippen molar-refractivity contribution in [2.24, 2.45) is 4.99 Å². The van der Waals surface area contributed by atoms with Gasteiger partial charge in [0.1, 0.15) is 0 Å². The minimum atomic E-state index is -0.148. The summed E-state index contributed by atoms with van der Waals surface area (Å²) in [4.78, 5) is 9.94. The van der Waals surface area contributed by atoms with Crippen molar-refractivity contribution in [1.29, 1.82) is 0 Å². The van der Waals surface area contributed by atoms with E-state index >= 15 is 0 Å². The first-order chi connectivity index (χ1) is 11.8. The lowest BCUT2D eigenvalue weighted by molar-refractivity contribution is 0.318. The standard InChI is InChI=1S/C18H27N5OS/c1-12-7-8-13(14(9-12)25-6)10-20-17(19-5)21-11-15-22-16(24-23-15)18(2,3)4/h7-9H,10-11H2,1-6H3,(H2,19,20,21). The number of aliphatic imine (C=N–C) groups is 1. The molecule has 0 amide bonds. The Labute approximate surface area is 153 Å². The average Bonchev–Trinajstić information content (AvgIpc) is 3.05. The second kappa shape index (κ2) is 8.38. The van der Waals surface area contributed by atoms with Gasteiger partial charge in [-0.2, -0.15) is 4.98 Å². The van der Waals surface area contributed by atoms with Gasteiger partial charge in [0.25, 0.3) is 0 Å². The molecule has 25 heavy (non-hydrogen) atoms. The summed E-state index contributed by atoms with van der Waals surface area (Å²) < 4.78 is 5.30. The molecule has 2 rings (SSSR count). The monoisotopic (exact) mass is 361 g/mol. The normalized spacial score (nSPS) is 12.3. The fourth-order valence-electron chi connectivity index (χ4n) is 2.19. The number of aryl methyl sites for hydroxylation is 1. The number of benzene rings is 1. The van der Waals surface area contributed by atoms with E-state index in [2.05, 4.69) is 57.1 Å². The molecule has 136 valence electrons. The molecule has 1 aromatic heterocycles. The van der Waals surface area contributed by atoms with Gasteiger partial charge in [-0.25, -0.2) is 0 Å². The maximum atomic E-state index is 5.30. The summed E-state index contributed by atoms with van der Waals surface area (Å²) in [6, 6.07) is 6.47. The van der Waals surface area contributed by atoms with Crippen molar-refractivity contribution in [3.05, 3.63) is 41.0 Å². The maximum Gasteiger partial charge on any atom is 0.232 e. The first-order valence-corrected chi connectivity index (χ1v) is 9.47. The van der Waals surface area contributed by atoms with Crippen LogP contribution in [0.4, 0.5) is 0 Å². The van der Waals surface area contributed by atoms with Crippen molar-refractivity contribution in [3.8, 4) is 0 Å². The van der Waals surface area contributed by atoms with E-state index in [0.29, 0.717) is 30.8 Å². The lowest BCUT2D eigenvalue weighted by atomic mass is 9.97. The summed E-state index contributed by atoms with van der Waals surface area (Å²) >= 11 is 1.75. The van der Waals surface area contributed by atoms with E-state index in [4.69, 9.17) is 4.52 Å². The van der Waals surface area contributed by atoms with Crippen molar-refractivity contribution in [2.45, 2.75) is 51.1 Å². The van der Waals surface area contributed by atoms with Gasteiger partial charge in [0.2, 0.25) is 5.89 Å². The molecule has 2 aromatic rings. The van der Waals surface area contributed by atoms with Gasteiger partial charge in [-0.3, -0.25) is 4.99 Å². The topological polar surface area (TPSA) is 75.3 Å². The molecule has 0 saturated heterocycles. The summed E-state index contributed by atoms with van der Waals surface area (Å²) in [5.74, 6) is 1.96. The fourth-order valence-corrected chi connectivity index (χ4v) is 2.90. The number of hydrogen-bond donors (Lipinski definition) is 2. The Balaban J connectivity index is 1.92. The lowest BCUT2D eigenvalue weighted by Crippen LogP contribution is -2.36. The van der Waals surface area contributed by atoms with Crippen LogP contribution in [0.3, 0.4) is 0 Å². The Morgan fingerprint density at radius 1 is 1.24 bits per heavy atom. The number of guanidine groups is 1. The molecule has 6 nitrogen and oxygen atoms in total. The second-order valence-corrected chi connectivity index (χ2v) is 7.71. The van der Waals surface area contributed by atoms with Crippen molar-refractivity contribution in [3.63, 3.8) is 0 Å². The van der Waals surface area contributed by atoms with E-state index in [1.807, 2.05) is 20.8 Å². The Hall–Kier alpha value is -2.02. The molecule has 1 aromatic carbocycles. The molecule has 0 radical (unpaired) electrons. The van der Waals surface area contributed by atoms with Crippen LogP contribution >= 0.6 is 11.8 Å². The van der Waals surface area contributed by atoms with Gasteiger partial charge in [0.05, 0.1) is 6.54 Å². The number of hydrogen-bond acceptors (Lipinski definition) is 5. The maximum absolute atomic E-state index is 5.30. The molecule has 0 saturated carbocycles. The first kappa shape index (κ1) is 19.3. The fraction of sp³-hybridized carbons (Fsp3) is 0.500. The number of nitrogens with zero attached hydrogens (tertiary/aromatic N) is 3. The Bertz CT molecular complexity index is 733. The quantitative estimate of drug-likeness (QED) is 0.484. The van der Waals surface area contributed by atoms with Crippen LogP contribution in [-0.4, -0.2) is 29.4 Å². The van der Waals surface area contributed by atoms with Crippen molar-refractivity contribution >= 4 is 17.7 Å². The predicted octanol–water partition coefficient (Wildman–Crippen LogP) is 3.26. The molecule has 1 heterocycles. The molecule has 0 aliphatic heterocycles. The predicted molar refractivity (Wildman–Crippen MR) is 103 cm³/mol. The second-order valence-electron chi connectivity index (χ2n) is 6.86. The van der Waals surface area contributed by atoms with Gasteiger partial charge in [-0.05, 0) is 30.4 Å². The van der Waals surface area contributed by atoms with Crippen molar-refractivity contribution < 1.29 is 4.52 Å². The molecule has 0 aliphatic carbocycles. The van der Waals surface area contributed by atoms with Crippen LogP contribution in [0.2, 0.25) is 0 Å². The zero-order valence-electron chi connectivity index (χ0n) is 15.8. The van der Waals surface area contributed by atoms with Gasteiger partial charge in [0.15, 0.2) is 11.8 Å². The molecule has 0 bridgehead atoms. The molecule has 0 unspecified atom stereocenters. The Morgan fingerprint density at radius 2 is 1.96 bits per heavy atom. The molecule has 2 N–H and O–H groups in total. The number of aromatic nitrogens is 2. The summed E-state index contributed by atoms with van der Waals surface area (Å²) in [6.45, 7) is 9.40. The molecular formula is C18H27N5OS. The zero-order valence-corrected chi connectivity index (χ0v) is 16.6. The van der Waals surface area contributed by atoms with Crippen LogP contribution in [0.1, 0.15) is 43.6 Å². The minimum absolute atomic E-state index is 0.148. The SMILES string of the molecule is CN=C(NCc1noc(C(C)(C)C)n1)NCc1ccc(C)cc1SC. The number of thioether (sulfide) groups is 1. The smallest absolute Gasteiger partial charge is 0.232 e. The van der Waals surface area contributed by atoms with Gasteiger partial charge >= 0.3 is 0 Å². The highest BCUT2D eigenvalue weighted by Gasteiger charge is 2.21. The van der Waals surface area contributed by atoms with Gasteiger partial charge in [0, 0.05) is 23.9 Å². The van der Waals surface area contributed by atoms with Gasteiger partial charge < -0.3 is 15.2 Å². The summed E-state index contributed by atoms with van der Waals surface area (Å²) in [5.41, 5.74) is 2.36. The first-order valence-electron chi connectivity index (χ1n) is 8.24. The van der Waals surface area contributed by atoms with Gasteiger partial charge in [-0.1, -0.05) is 38.1 Å². The third-order valence-corrected chi connectivity index (χ3v) is 4.46. The van der Waals surface area contributed by atoms with Crippen LogP contribution in [0.25, 0.3) is 0 Å². The molecular weight excluding hydrogens is 334 g/mol. The largest absolute Gasteiger partial charge is 0.352 e. The zero-order chi connectivity index (χ0) is 18.4. The van der Waals surface area contributed by atoms with Crippen LogP contribution in [0, 0.1) is 6.92 Å². The minimum Gasteiger partial charge on any atom is -0.352 e. The number of nitrogens with one attached hydrogen (secondary N) is 2. The van der Waals surface area contributed by atoms with Crippen LogP contribution in [0.5, 0.6) is 0 Å². The Morgan fingerprint density at radius 3 is 2.56 bits per heavy atom. The Kier molecular flexibility index (Phi) is 6.47. The molecule has 0 fully saturated rings. The van der Waals surface area contributed by atoms with E-state index < -0.39 is 0 Å². The van der Waals surface area contributed by atoms with E-state index in [1.54, 1.807) is 18.8 Å². The molecule has 0 spiro atoms. The molecule has 7 heteroatoms. The van der Waals surface area contributed by atoms with E-state index in [1.165, 1.54) is 16.0 Å². The average molecular weight is 362 g/mol. The highest BCUT2D eigenvalue weighted by Crippen LogP contribution is 2.21. The highest BCUT2D eigenvalue weighted by atomic mass is 32.2. The van der Waals surface area contributed by atoms with Crippen molar-refractivity contribution in [1.82, 2.24) is 20.8 Å². The number of rotatable bonds is 5. The van der Waals surface area contributed by atoms with E-state index in [9.17, 15) is 0 Å². The lowest BCUT2D eigenvalue weighted by Gasteiger charge is -2.13. The van der Waals surface area contributed by atoms with Crippen LogP contribution in [-0.2, 0) is 18.5 Å². The molecule has 0 aliphatic rings. The molecule has 0 atom stereocenters. The van der Waals surface area contributed by atoms with Crippen LogP contribution < -0.4 is 10.6 Å². The third kappa shape index (κ3) is 5.49. The van der Waals surface area contributed by atoms with E-state index in [0.717, 1.165) is 0 Å². The van der Waals surface area contributed by atoms with Crippen LogP contribution in [0.15, 0.2) is 32.6 Å². The van der Waals surface area contributed by atoms with Crippen molar-refractivity contribution in [2.75, 3.05) is 13.3 Å². The summed E-state index contributed by atoms with van der Waals surface area (Å²) in [7, 11) is 1.75. The summed E-state index contributed by atoms with van der Waals surface area (Å²) in [5, 5.41) is 10.6. The third-order valence-electron chi connectivity index (χ3n) is 3.64. The van der Waals surface area contributed by atoms with Gasteiger partial charge in [-0.15, -0.1) is 11.8 Å². The summed E-state index contributed by atoms with van der Waals surface area (Å²) in [6.07, 6.45) is 2.09. The highest BCUT2D eigenvalue weighted by molar-refractivity contribution is 7.98.